The van der Waals surface area contributed by atoms with E-state index in [1.54, 1.807) is 19.1 Å². The van der Waals surface area contributed by atoms with Crippen LogP contribution >= 0.6 is 0 Å². The molecular weight excluding hydrogens is 185 g/mol. The zero-order valence-corrected chi connectivity index (χ0v) is 7.66. The lowest BCUT2D eigenvalue weighted by Gasteiger charge is -2.12. The van der Waals surface area contributed by atoms with Crippen molar-refractivity contribution >= 4 is 6.09 Å². The third-order valence-corrected chi connectivity index (χ3v) is 2.26. The van der Waals surface area contributed by atoms with Crippen LogP contribution in [0.3, 0.4) is 0 Å². The van der Waals surface area contributed by atoms with E-state index in [0.29, 0.717) is 0 Å². The van der Waals surface area contributed by atoms with Crippen molar-refractivity contribution < 1.29 is 13.9 Å². The predicted octanol–water partition coefficient (Wildman–Crippen LogP) is 2.00. The van der Waals surface area contributed by atoms with Crippen molar-refractivity contribution in [3.63, 3.8) is 0 Å². The van der Waals surface area contributed by atoms with Gasteiger partial charge in [-0.05, 0) is 24.6 Å². The van der Waals surface area contributed by atoms with Gasteiger partial charge in [0.1, 0.15) is 11.9 Å². The SMILES string of the molecule is C[C@@H]1OC(=O)N[C@H]1c1ccc(F)cc1. The summed E-state index contributed by atoms with van der Waals surface area (Å²) < 4.78 is 17.5. The number of hydrogen-bond donors (Lipinski definition) is 1. The minimum atomic E-state index is -0.424. The lowest BCUT2D eigenvalue weighted by atomic mass is 10.0. The Labute approximate surface area is 80.9 Å². The van der Waals surface area contributed by atoms with E-state index in [2.05, 4.69) is 5.32 Å². The molecule has 1 amide bonds. The van der Waals surface area contributed by atoms with Gasteiger partial charge in [-0.3, -0.25) is 0 Å². The summed E-state index contributed by atoms with van der Waals surface area (Å²) in [4.78, 5) is 10.9. The van der Waals surface area contributed by atoms with E-state index in [4.69, 9.17) is 4.74 Å². The molecule has 1 saturated heterocycles. The van der Waals surface area contributed by atoms with Crippen molar-refractivity contribution in [2.24, 2.45) is 0 Å². The van der Waals surface area contributed by atoms with Crippen molar-refractivity contribution in [3.8, 4) is 0 Å². The summed E-state index contributed by atoms with van der Waals surface area (Å²) in [6.45, 7) is 1.80. The first-order valence-electron chi connectivity index (χ1n) is 4.39. The summed E-state index contributed by atoms with van der Waals surface area (Å²) in [5.74, 6) is -0.286. The van der Waals surface area contributed by atoms with E-state index in [1.165, 1.54) is 12.1 Å². The molecule has 1 N–H and O–H groups in total. The Balaban J connectivity index is 2.23. The predicted molar refractivity (Wildman–Crippen MR) is 48.2 cm³/mol. The minimum Gasteiger partial charge on any atom is -0.444 e. The molecule has 14 heavy (non-hydrogen) atoms. The number of alkyl carbamates (subject to hydrolysis) is 1. The second-order valence-corrected chi connectivity index (χ2v) is 3.28. The van der Waals surface area contributed by atoms with E-state index < -0.39 is 6.09 Å². The normalized spacial score (nSPS) is 25.7. The Kier molecular flexibility index (Phi) is 2.11. The highest BCUT2D eigenvalue weighted by Crippen LogP contribution is 2.24. The van der Waals surface area contributed by atoms with Crippen LogP contribution in [0.15, 0.2) is 24.3 Å². The van der Waals surface area contributed by atoms with Crippen molar-refractivity contribution in [1.82, 2.24) is 5.32 Å². The molecule has 1 heterocycles. The maximum Gasteiger partial charge on any atom is 0.408 e. The number of rotatable bonds is 1. The second-order valence-electron chi connectivity index (χ2n) is 3.28. The van der Waals surface area contributed by atoms with Gasteiger partial charge >= 0.3 is 6.09 Å². The molecule has 4 heteroatoms. The summed E-state index contributed by atoms with van der Waals surface area (Å²) in [5.41, 5.74) is 0.852. The molecule has 1 aliphatic rings. The highest BCUT2D eigenvalue weighted by atomic mass is 19.1. The first-order chi connectivity index (χ1) is 6.66. The summed E-state index contributed by atoms with van der Waals surface area (Å²) >= 11 is 0. The Morgan fingerprint density at radius 3 is 2.50 bits per heavy atom. The fourth-order valence-corrected chi connectivity index (χ4v) is 1.54. The number of amides is 1. The number of halogens is 1. The Morgan fingerprint density at radius 2 is 2.00 bits per heavy atom. The maximum atomic E-state index is 12.6. The quantitative estimate of drug-likeness (QED) is 0.744. The summed E-state index contributed by atoms with van der Waals surface area (Å²) in [7, 11) is 0. The van der Waals surface area contributed by atoms with Crippen LogP contribution in [-0.2, 0) is 4.74 Å². The second kappa shape index (κ2) is 3.29. The van der Waals surface area contributed by atoms with Crippen molar-refractivity contribution in [1.29, 1.82) is 0 Å². The zero-order valence-electron chi connectivity index (χ0n) is 7.66. The van der Waals surface area contributed by atoms with Gasteiger partial charge in [-0.25, -0.2) is 9.18 Å². The van der Waals surface area contributed by atoms with Crippen LogP contribution in [0.2, 0.25) is 0 Å². The lowest BCUT2D eigenvalue weighted by molar-refractivity contribution is 0.141. The third-order valence-electron chi connectivity index (χ3n) is 2.26. The molecule has 1 aromatic carbocycles. The minimum absolute atomic E-state index is 0.178. The van der Waals surface area contributed by atoms with Crippen LogP contribution in [0.25, 0.3) is 0 Å². The van der Waals surface area contributed by atoms with Crippen molar-refractivity contribution in [3.05, 3.63) is 35.6 Å². The molecule has 3 nitrogen and oxygen atoms in total. The molecule has 0 unspecified atom stereocenters. The first-order valence-corrected chi connectivity index (χ1v) is 4.39. The lowest BCUT2D eigenvalue weighted by Crippen LogP contribution is -2.20. The zero-order chi connectivity index (χ0) is 10.1. The van der Waals surface area contributed by atoms with E-state index in [9.17, 15) is 9.18 Å². The van der Waals surface area contributed by atoms with Gasteiger partial charge < -0.3 is 10.1 Å². The summed E-state index contributed by atoms with van der Waals surface area (Å²) in [6, 6.07) is 5.85. The molecule has 1 aliphatic heterocycles. The van der Waals surface area contributed by atoms with Gasteiger partial charge in [-0.1, -0.05) is 12.1 Å². The third kappa shape index (κ3) is 1.55. The highest BCUT2D eigenvalue weighted by Gasteiger charge is 2.31. The number of carbonyl (C=O) groups excluding carboxylic acids is 1. The topological polar surface area (TPSA) is 38.3 Å². The average molecular weight is 195 g/mol. The van der Waals surface area contributed by atoms with Gasteiger partial charge in [0.15, 0.2) is 0 Å². The van der Waals surface area contributed by atoms with Crippen LogP contribution in [0.1, 0.15) is 18.5 Å². The van der Waals surface area contributed by atoms with Crippen LogP contribution in [0.4, 0.5) is 9.18 Å². The van der Waals surface area contributed by atoms with Crippen LogP contribution in [-0.4, -0.2) is 12.2 Å². The number of ether oxygens (including phenoxy) is 1. The van der Waals surface area contributed by atoms with E-state index in [-0.39, 0.29) is 18.0 Å². The number of benzene rings is 1. The Morgan fingerprint density at radius 1 is 1.36 bits per heavy atom. The fourth-order valence-electron chi connectivity index (χ4n) is 1.54. The smallest absolute Gasteiger partial charge is 0.408 e. The van der Waals surface area contributed by atoms with Gasteiger partial charge in [0, 0.05) is 0 Å². The summed E-state index contributed by atoms with van der Waals surface area (Å²) in [6.07, 6.45) is -0.639. The molecule has 0 aromatic heterocycles. The van der Waals surface area contributed by atoms with Gasteiger partial charge in [0.05, 0.1) is 6.04 Å². The van der Waals surface area contributed by atoms with Crippen LogP contribution in [0, 0.1) is 5.82 Å². The largest absolute Gasteiger partial charge is 0.444 e. The summed E-state index contributed by atoms with van der Waals surface area (Å²) in [5, 5.41) is 2.66. The van der Waals surface area contributed by atoms with E-state index in [0.717, 1.165) is 5.56 Å². The molecule has 74 valence electrons. The van der Waals surface area contributed by atoms with Gasteiger partial charge in [0.25, 0.3) is 0 Å². The molecule has 0 saturated carbocycles. The van der Waals surface area contributed by atoms with E-state index >= 15 is 0 Å². The molecule has 2 atom stereocenters. The number of nitrogens with one attached hydrogen (secondary N) is 1. The Hall–Kier alpha value is -1.58. The maximum absolute atomic E-state index is 12.6. The first kappa shape index (κ1) is 8.99. The monoisotopic (exact) mass is 195 g/mol. The van der Waals surface area contributed by atoms with Gasteiger partial charge in [-0.15, -0.1) is 0 Å². The molecular formula is C10H10FNO2. The molecule has 0 spiro atoms. The fraction of sp³-hybridized carbons (Fsp3) is 0.300. The molecule has 1 aromatic rings. The molecule has 0 aliphatic carbocycles. The number of cyclic esters (lactones) is 1. The molecule has 0 radical (unpaired) electrons. The Bertz CT molecular complexity index is 350. The van der Waals surface area contributed by atoms with Crippen LogP contribution < -0.4 is 5.32 Å². The molecule has 2 rings (SSSR count). The van der Waals surface area contributed by atoms with Crippen molar-refractivity contribution in [2.75, 3.05) is 0 Å². The van der Waals surface area contributed by atoms with E-state index in [1.807, 2.05) is 0 Å². The molecule has 1 fully saturated rings. The molecule has 0 bridgehead atoms. The standard InChI is InChI=1S/C10H10FNO2/c1-6-9(12-10(13)14-6)7-2-4-8(11)5-3-7/h2-6,9H,1H3,(H,12,13)/t6-,9+/m0/s1. The average Bonchev–Trinajstić information content (AvgIpc) is 2.47. The number of carbonyl (C=O) groups is 1. The van der Waals surface area contributed by atoms with Gasteiger partial charge in [0.2, 0.25) is 0 Å². The van der Waals surface area contributed by atoms with Gasteiger partial charge in [-0.2, -0.15) is 0 Å². The van der Waals surface area contributed by atoms with Crippen molar-refractivity contribution in [2.45, 2.75) is 19.1 Å². The number of hydrogen-bond acceptors (Lipinski definition) is 2. The van der Waals surface area contributed by atoms with Crippen LogP contribution in [0.5, 0.6) is 0 Å². The highest BCUT2D eigenvalue weighted by molar-refractivity contribution is 5.70.